The van der Waals surface area contributed by atoms with Crippen LogP contribution in [-0.2, 0) is 0 Å². The molecule has 158 valence electrons. The Morgan fingerprint density at radius 2 is 1.52 bits per heavy atom. The van der Waals surface area contributed by atoms with Gasteiger partial charge in [-0.15, -0.1) is 0 Å². The summed E-state index contributed by atoms with van der Waals surface area (Å²) in [4.78, 5) is 13.6. The van der Waals surface area contributed by atoms with E-state index in [1.165, 1.54) is 0 Å². The van der Waals surface area contributed by atoms with E-state index in [-0.39, 0.29) is 11.2 Å². The van der Waals surface area contributed by atoms with Gasteiger partial charge in [-0.05, 0) is 48.4 Å². The Balaban J connectivity index is 1.33. The smallest absolute Gasteiger partial charge is 0.226 e. The lowest BCUT2D eigenvalue weighted by atomic mass is 9.98. The van der Waals surface area contributed by atoms with Crippen molar-refractivity contribution in [2.75, 3.05) is 0 Å². The largest absolute Gasteiger partial charge is 0.456 e. The average molecular weight is 450 g/mol. The van der Waals surface area contributed by atoms with Crippen LogP contribution in [0.4, 0.5) is 0 Å². The highest BCUT2D eigenvalue weighted by Crippen LogP contribution is 2.32. The van der Waals surface area contributed by atoms with Crippen molar-refractivity contribution in [3.8, 4) is 11.4 Å². The molecule has 0 radical (unpaired) electrons. The van der Waals surface area contributed by atoms with Crippen LogP contribution in [-0.4, -0.2) is 15.0 Å². The van der Waals surface area contributed by atoms with Crippen LogP contribution < -0.4 is 10.6 Å². The van der Waals surface area contributed by atoms with Gasteiger partial charge in [0.15, 0.2) is 5.82 Å². The van der Waals surface area contributed by atoms with Crippen LogP contribution in [0.1, 0.15) is 18.2 Å². The molecule has 6 heteroatoms. The summed E-state index contributed by atoms with van der Waals surface area (Å²) < 4.78 is 12.1. The standard InChI is InChI=1S/C27H16ClN3O2/c28-27-30-25(15-9-11-19-17-5-1-3-7-21(17)32-23(19)13-15)29-26(31-27)16-10-12-20-18-6-2-4-8-22(18)33-24(20)14-16/h1-9,11-14,16H,10H2. The molecule has 0 saturated carbocycles. The SMILES string of the molecule is Clc1nc(-c2ccc3c(c2)oc2ccccc23)nc(C2C=c3oc4ccccc4c3=CC2)n1. The molecule has 0 fully saturated rings. The van der Waals surface area contributed by atoms with Gasteiger partial charge in [-0.2, -0.15) is 4.98 Å². The number of rotatable bonds is 2. The van der Waals surface area contributed by atoms with Crippen LogP contribution in [0.15, 0.2) is 75.6 Å². The predicted octanol–water partition coefficient (Wildman–Crippen LogP) is 5.59. The average Bonchev–Trinajstić information content (AvgIpc) is 3.40. The number of para-hydroxylation sites is 2. The summed E-state index contributed by atoms with van der Waals surface area (Å²) >= 11 is 6.33. The monoisotopic (exact) mass is 449 g/mol. The lowest BCUT2D eigenvalue weighted by Crippen LogP contribution is -2.25. The molecule has 1 unspecified atom stereocenters. The van der Waals surface area contributed by atoms with E-state index in [9.17, 15) is 0 Å². The molecule has 3 heterocycles. The van der Waals surface area contributed by atoms with E-state index in [4.69, 9.17) is 25.4 Å². The molecular weight excluding hydrogens is 434 g/mol. The molecule has 0 spiro atoms. The molecule has 0 saturated heterocycles. The second kappa shape index (κ2) is 7.02. The van der Waals surface area contributed by atoms with Crippen LogP contribution in [0.25, 0.3) is 56.4 Å². The van der Waals surface area contributed by atoms with Gasteiger partial charge in [0.2, 0.25) is 5.28 Å². The van der Waals surface area contributed by atoms with Gasteiger partial charge < -0.3 is 8.83 Å². The number of nitrogens with zero attached hydrogens (tertiary/aromatic N) is 3. The number of benzene rings is 3. The second-order valence-corrected chi connectivity index (χ2v) is 8.52. The number of hydrogen-bond donors (Lipinski definition) is 0. The van der Waals surface area contributed by atoms with Gasteiger partial charge in [-0.25, -0.2) is 9.97 Å². The summed E-state index contributed by atoms with van der Waals surface area (Å²) in [7, 11) is 0. The Morgan fingerprint density at radius 1 is 0.758 bits per heavy atom. The molecule has 0 aliphatic heterocycles. The molecular formula is C27H16ClN3O2. The second-order valence-electron chi connectivity index (χ2n) is 8.18. The Bertz CT molecular complexity index is 1830. The predicted molar refractivity (Wildman–Crippen MR) is 129 cm³/mol. The van der Waals surface area contributed by atoms with Crippen LogP contribution in [0, 0.1) is 0 Å². The molecule has 3 aromatic heterocycles. The molecule has 5 nitrogen and oxygen atoms in total. The van der Waals surface area contributed by atoms with Crippen LogP contribution in [0.5, 0.6) is 0 Å². The summed E-state index contributed by atoms with van der Waals surface area (Å²) in [6.45, 7) is 0. The molecule has 0 N–H and O–H groups in total. The van der Waals surface area contributed by atoms with E-state index in [0.29, 0.717) is 11.6 Å². The molecule has 33 heavy (non-hydrogen) atoms. The number of hydrogen-bond acceptors (Lipinski definition) is 5. The van der Waals surface area contributed by atoms with Gasteiger partial charge in [0.05, 0.1) is 0 Å². The van der Waals surface area contributed by atoms with E-state index in [1.54, 1.807) is 0 Å². The third-order valence-electron chi connectivity index (χ3n) is 6.19. The minimum atomic E-state index is -0.0488. The van der Waals surface area contributed by atoms with Gasteiger partial charge in [0.1, 0.15) is 28.0 Å². The van der Waals surface area contributed by atoms with Gasteiger partial charge in [-0.1, -0.05) is 48.5 Å². The van der Waals surface area contributed by atoms with Crippen LogP contribution >= 0.6 is 11.6 Å². The maximum absolute atomic E-state index is 6.33. The van der Waals surface area contributed by atoms with Crippen LogP contribution in [0.2, 0.25) is 5.28 Å². The van der Waals surface area contributed by atoms with E-state index in [1.807, 2.05) is 54.6 Å². The Kier molecular flexibility index (Phi) is 3.96. The third-order valence-corrected chi connectivity index (χ3v) is 6.35. The molecule has 7 rings (SSSR count). The van der Waals surface area contributed by atoms with Crippen molar-refractivity contribution in [1.82, 2.24) is 15.0 Å². The molecule has 0 bridgehead atoms. The van der Waals surface area contributed by atoms with E-state index < -0.39 is 0 Å². The van der Waals surface area contributed by atoms with Crippen molar-refractivity contribution < 1.29 is 8.83 Å². The molecule has 6 aromatic rings. The lowest BCUT2D eigenvalue weighted by Gasteiger charge is -2.12. The van der Waals surface area contributed by atoms with Gasteiger partial charge in [0.25, 0.3) is 0 Å². The fourth-order valence-corrected chi connectivity index (χ4v) is 4.79. The third kappa shape index (κ3) is 2.97. The summed E-state index contributed by atoms with van der Waals surface area (Å²) in [5.74, 6) is 1.10. The minimum absolute atomic E-state index is 0.0488. The Morgan fingerprint density at radius 3 is 2.39 bits per heavy atom. The van der Waals surface area contributed by atoms with Crippen molar-refractivity contribution in [1.29, 1.82) is 0 Å². The van der Waals surface area contributed by atoms with Gasteiger partial charge in [0, 0.05) is 32.9 Å². The van der Waals surface area contributed by atoms with Crippen molar-refractivity contribution in [2.24, 2.45) is 0 Å². The topological polar surface area (TPSA) is 65.0 Å². The summed E-state index contributed by atoms with van der Waals surface area (Å²) in [5, 5.41) is 4.56. The quantitative estimate of drug-likeness (QED) is 0.345. The summed E-state index contributed by atoms with van der Waals surface area (Å²) in [6.07, 6.45) is 5.02. The first-order valence-electron chi connectivity index (χ1n) is 10.8. The number of aromatic nitrogens is 3. The van der Waals surface area contributed by atoms with Gasteiger partial charge in [-0.3, -0.25) is 0 Å². The van der Waals surface area contributed by atoms with Crippen LogP contribution in [0.3, 0.4) is 0 Å². The highest BCUT2D eigenvalue weighted by Gasteiger charge is 2.19. The number of furan rings is 2. The first-order valence-corrected chi connectivity index (χ1v) is 11.1. The maximum atomic E-state index is 6.33. The fourth-order valence-electron chi connectivity index (χ4n) is 4.62. The van der Waals surface area contributed by atoms with Crippen molar-refractivity contribution in [3.05, 3.63) is 88.5 Å². The molecule has 3 aromatic carbocycles. The zero-order chi connectivity index (χ0) is 21.9. The summed E-state index contributed by atoms with van der Waals surface area (Å²) in [6, 6.07) is 22.0. The highest BCUT2D eigenvalue weighted by molar-refractivity contribution is 6.28. The number of halogens is 1. The summed E-state index contributed by atoms with van der Waals surface area (Å²) in [5.41, 5.74) is 4.19. The fraction of sp³-hybridized carbons (Fsp3) is 0.0741. The highest BCUT2D eigenvalue weighted by atomic mass is 35.5. The lowest BCUT2D eigenvalue weighted by molar-refractivity contribution is 0.568. The van der Waals surface area contributed by atoms with Gasteiger partial charge >= 0.3 is 0 Å². The van der Waals surface area contributed by atoms with E-state index in [2.05, 4.69) is 34.3 Å². The molecule has 1 aliphatic rings. The Labute approximate surface area is 192 Å². The van der Waals surface area contributed by atoms with Crippen molar-refractivity contribution in [2.45, 2.75) is 12.3 Å². The van der Waals surface area contributed by atoms with E-state index >= 15 is 0 Å². The minimum Gasteiger partial charge on any atom is -0.456 e. The molecule has 1 aliphatic carbocycles. The molecule has 0 amide bonds. The maximum Gasteiger partial charge on any atom is 0.226 e. The zero-order valence-corrected chi connectivity index (χ0v) is 18.1. The first-order chi connectivity index (χ1) is 16.2. The van der Waals surface area contributed by atoms with E-state index in [0.717, 1.165) is 55.5 Å². The Hall–Kier alpha value is -3.96. The first kappa shape index (κ1) is 18.6. The van der Waals surface area contributed by atoms with Crippen molar-refractivity contribution in [3.63, 3.8) is 0 Å². The zero-order valence-electron chi connectivity index (χ0n) is 17.3. The number of fused-ring (bicyclic) bond motifs is 6. The molecule has 1 atom stereocenters. The van der Waals surface area contributed by atoms with Crippen molar-refractivity contribution >= 4 is 56.7 Å². The normalized spacial score (nSPS) is 15.5.